The fourth-order valence-corrected chi connectivity index (χ4v) is 2.20. The SMILES string of the molecule is Cc1cccc(C(=O)O)c1NC(=O)NC1CCCOC1. The Morgan fingerprint density at radius 2 is 2.20 bits per heavy atom. The van der Waals surface area contributed by atoms with Crippen molar-refractivity contribution in [1.82, 2.24) is 5.32 Å². The molecule has 2 amide bonds. The predicted molar refractivity (Wildman–Crippen MR) is 74.1 cm³/mol. The number of nitrogens with one attached hydrogen (secondary N) is 2. The molecule has 0 saturated carbocycles. The number of rotatable bonds is 3. The Morgan fingerprint density at radius 3 is 2.85 bits per heavy atom. The van der Waals surface area contributed by atoms with E-state index in [2.05, 4.69) is 10.6 Å². The normalized spacial score (nSPS) is 18.4. The van der Waals surface area contributed by atoms with Gasteiger partial charge >= 0.3 is 12.0 Å². The van der Waals surface area contributed by atoms with Crippen molar-refractivity contribution in [3.63, 3.8) is 0 Å². The second-order valence-electron chi connectivity index (χ2n) is 4.82. The Balaban J connectivity index is 2.05. The smallest absolute Gasteiger partial charge is 0.337 e. The number of urea groups is 1. The number of aromatic carboxylic acids is 1. The standard InChI is InChI=1S/C14H18N2O4/c1-9-4-2-6-11(13(17)18)12(9)16-14(19)15-10-5-3-7-20-8-10/h2,4,6,10H,3,5,7-8H2,1H3,(H,17,18)(H2,15,16,19). The molecule has 3 N–H and O–H groups in total. The van der Waals surface area contributed by atoms with Gasteiger partial charge in [-0.2, -0.15) is 0 Å². The summed E-state index contributed by atoms with van der Waals surface area (Å²) in [5.41, 5.74) is 1.12. The minimum absolute atomic E-state index is 0.0268. The van der Waals surface area contributed by atoms with Crippen LogP contribution < -0.4 is 10.6 Å². The van der Waals surface area contributed by atoms with Gasteiger partial charge in [-0.25, -0.2) is 9.59 Å². The number of carboxylic acids is 1. The summed E-state index contributed by atoms with van der Waals surface area (Å²) in [5.74, 6) is -1.06. The predicted octanol–water partition coefficient (Wildman–Crippen LogP) is 1.99. The average Bonchev–Trinajstić information content (AvgIpc) is 2.42. The number of aryl methyl sites for hydroxylation is 1. The van der Waals surface area contributed by atoms with Crippen LogP contribution >= 0.6 is 0 Å². The van der Waals surface area contributed by atoms with E-state index in [0.717, 1.165) is 19.4 Å². The molecule has 1 atom stereocenters. The minimum atomic E-state index is -1.06. The zero-order chi connectivity index (χ0) is 14.5. The number of benzene rings is 1. The summed E-state index contributed by atoms with van der Waals surface area (Å²) in [4.78, 5) is 23.1. The van der Waals surface area contributed by atoms with Gasteiger partial charge in [-0.15, -0.1) is 0 Å². The number of carboxylic acid groups (broad SMARTS) is 1. The molecule has 1 fully saturated rings. The number of anilines is 1. The number of para-hydroxylation sites is 1. The molecule has 6 heteroatoms. The van der Waals surface area contributed by atoms with E-state index in [4.69, 9.17) is 9.84 Å². The van der Waals surface area contributed by atoms with Crippen LogP contribution in [0.5, 0.6) is 0 Å². The molecule has 0 spiro atoms. The number of ether oxygens (including phenoxy) is 1. The summed E-state index contributed by atoms with van der Waals surface area (Å²) < 4.78 is 5.28. The van der Waals surface area contributed by atoms with Gasteiger partial charge in [0.15, 0.2) is 0 Å². The van der Waals surface area contributed by atoms with Gasteiger partial charge in [-0.3, -0.25) is 0 Å². The second-order valence-corrected chi connectivity index (χ2v) is 4.82. The van der Waals surface area contributed by atoms with Crippen molar-refractivity contribution < 1.29 is 19.4 Å². The fraction of sp³-hybridized carbons (Fsp3) is 0.429. The van der Waals surface area contributed by atoms with Gasteiger partial charge in [0.2, 0.25) is 0 Å². The van der Waals surface area contributed by atoms with Crippen LogP contribution in [-0.4, -0.2) is 36.4 Å². The summed E-state index contributed by atoms with van der Waals surface area (Å²) in [7, 11) is 0. The number of hydrogen-bond donors (Lipinski definition) is 3. The van der Waals surface area contributed by atoms with Gasteiger partial charge in [0.25, 0.3) is 0 Å². The molecule has 0 aliphatic carbocycles. The molecule has 1 aliphatic heterocycles. The van der Waals surface area contributed by atoms with E-state index < -0.39 is 12.0 Å². The molecule has 1 heterocycles. The molecule has 108 valence electrons. The van der Waals surface area contributed by atoms with E-state index in [1.807, 2.05) is 0 Å². The van der Waals surface area contributed by atoms with Gasteiger partial charge in [-0.05, 0) is 31.4 Å². The van der Waals surface area contributed by atoms with Crippen LogP contribution in [0, 0.1) is 6.92 Å². The summed E-state index contributed by atoms with van der Waals surface area (Å²) in [5, 5.41) is 14.5. The molecule has 1 aliphatic rings. The van der Waals surface area contributed by atoms with Crippen LogP contribution in [0.3, 0.4) is 0 Å². The first-order chi connectivity index (χ1) is 9.58. The van der Waals surface area contributed by atoms with Crippen molar-refractivity contribution in [2.75, 3.05) is 18.5 Å². The van der Waals surface area contributed by atoms with Gasteiger partial charge in [-0.1, -0.05) is 12.1 Å². The lowest BCUT2D eigenvalue weighted by Gasteiger charge is -2.23. The third-order valence-electron chi connectivity index (χ3n) is 3.24. The maximum absolute atomic E-state index is 11.9. The van der Waals surface area contributed by atoms with Crippen LogP contribution in [0.25, 0.3) is 0 Å². The Bertz CT molecular complexity index is 510. The molecule has 0 aromatic heterocycles. The highest BCUT2D eigenvalue weighted by atomic mass is 16.5. The van der Waals surface area contributed by atoms with Crippen molar-refractivity contribution in [3.05, 3.63) is 29.3 Å². The van der Waals surface area contributed by atoms with Gasteiger partial charge in [0, 0.05) is 6.61 Å². The minimum Gasteiger partial charge on any atom is -0.478 e. The Kier molecular flexibility index (Phi) is 4.57. The van der Waals surface area contributed by atoms with E-state index in [9.17, 15) is 9.59 Å². The topological polar surface area (TPSA) is 87.7 Å². The molecular weight excluding hydrogens is 260 g/mol. The fourth-order valence-electron chi connectivity index (χ4n) is 2.20. The summed E-state index contributed by atoms with van der Waals surface area (Å²) in [6.07, 6.45) is 1.78. The molecule has 1 aromatic rings. The van der Waals surface area contributed by atoms with Crippen LogP contribution in [-0.2, 0) is 4.74 Å². The number of carbonyl (C=O) groups is 2. The first-order valence-electron chi connectivity index (χ1n) is 6.56. The van der Waals surface area contributed by atoms with Gasteiger partial charge in [0.1, 0.15) is 0 Å². The molecule has 6 nitrogen and oxygen atoms in total. The van der Waals surface area contributed by atoms with Crippen molar-refractivity contribution in [2.45, 2.75) is 25.8 Å². The first-order valence-corrected chi connectivity index (χ1v) is 6.56. The lowest BCUT2D eigenvalue weighted by atomic mass is 10.1. The maximum atomic E-state index is 11.9. The third-order valence-corrected chi connectivity index (χ3v) is 3.24. The molecular formula is C14H18N2O4. The summed E-state index contributed by atoms with van der Waals surface area (Å²) in [6.45, 7) is 2.97. The number of amides is 2. The molecule has 2 rings (SSSR count). The summed E-state index contributed by atoms with van der Waals surface area (Å²) >= 11 is 0. The molecule has 0 radical (unpaired) electrons. The molecule has 0 bridgehead atoms. The largest absolute Gasteiger partial charge is 0.478 e. The van der Waals surface area contributed by atoms with Crippen LogP contribution in [0.2, 0.25) is 0 Å². The Labute approximate surface area is 117 Å². The Morgan fingerprint density at radius 1 is 1.40 bits per heavy atom. The van der Waals surface area contributed by atoms with Crippen molar-refractivity contribution >= 4 is 17.7 Å². The van der Waals surface area contributed by atoms with Gasteiger partial charge < -0.3 is 20.5 Å². The highest BCUT2D eigenvalue weighted by molar-refractivity contribution is 6.01. The number of carbonyl (C=O) groups excluding carboxylic acids is 1. The highest BCUT2D eigenvalue weighted by Gasteiger charge is 2.18. The zero-order valence-corrected chi connectivity index (χ0v) is 11.3. The van der Waals surface area contributed by atoms with E-state index in [1.54, 1.807) is 19.1 Å². The van der Waals surface area contributed by atoms with E-state index in [1.165, 1.54) is 6.07 Å². The van der Waals surface area contributed by atoms with E-state index in [0.29, 0.717) is 17.9 Å². The first kappa shape index (κ1) is 14.3. The van der Waals surface area contributed by atoms with E-state index in [-0.39, 0.29) is 11.6 Å². The average molecular weight is 278 g/mol. The quantitative estimate of drug-likeness (QED) is 0.789. The highest BCUT2D eigenvalue weighted by Crippen LogP contribution is 2.20. The molecule has 1 aromatic carbocycles. The molecule has 1 unspecified atom stereocenters. The lowest BCUT2D eigenvalue weighted by Crippen LogP contribution is -2.43. The van der Waals surface area contributed by atoms with Crippen molar-refractivity contribution in [1.29, 1.82) is 0 Å². The van der Waals surface area contributed by atoms with E-state index >= 15 is 0 Å². The second kappa shape index (κ2) is 6.38. The van der Waals surface area contributed by atoms with Crippen molar-refractivity contribution in [3.8, 4) is 0 Å². The lowest BCUT2D eigenvalue weighted by molar-refractivity contribution is 0.0697. The van der Waals surface area contributed by atoms with Crippen LogP contribution in [0.4, 0.5) is 10.5 Å². The monoisotopic (exact) mass is 278 g/mol. The Hall–Kier alpha value is -2.08. The van der Waals surface area contributed by atoms with Crippen LogP contribution in [0.1, 0.15) is 28.8 Å². The van der Waals surface area contributed by atoms with Crippen LogP contribution in [0.15, 0.2) is 18.2 Å². The van der Waals surface area contributed by atoms with Gasteiger partial charge in [0.05, 0.1) is 23.9 Å². The molecule has 20 heavy (non-hydrogen) atoms. The third kappa shape index (κ3) is 3.48. The number of hydrogen-bond acceptors (Lipinski definition) is 3. The maximum Gasteiger partial charge on any atom is 0.337 e. The molecule has 1 saturated heterocycles. The zero-order valence-electron chi connectivity index (χ0n) is 11.3. The van der Waals surface area contributed by atoms with Crippen molar-refractivity contribution in [2.24, 2.45) is 0 Å². The summed E-state index contributed by atoms with van der Waals surface area (Å²) in [6, 6.07) is 4.44.